The van der Waals surface area contributed by atoms with Gasteiger partial charge in [0.25, 0.3) is 0 Å². The van der Waals surface area contributed by atoms with Gasteiger partial charge in [-0.2, -0.15) is 0 Å². The van der Waals surface area contributed by atoms with Gasteiger partial charge in [0.1, 0.15) is 0 Å². The molecule has 2 rings (SSSR count). The Morgan fingerprint density at radius 1 is 1.53 bits per heavy atom. The molecule has 15 heavy (non-hydrogen) atoms. The molecule has 0 radical (unpaired) electrons. The SMILES string of the molecule is Cc1sccc1C(NN)C1CCCC1C. The Kier molecular flexibility index (Phi) is 3.44. The van der Waals surface area contributed by atoms with Crippen LogP contribution in [-0.2, 0) is 0 Å². The minimum absolute atomic E-state index is 0.355. The Morgan fingerprint density at radius 3 is 2.80 bits per heavy atom. The lowest BCUT2D eigenvalue weighted by molar-refractivity contribution is 0.304. The molecular formula is C12H20N2S. The zero-order valence-electron chi connectivity index (χ0n) is 9.49. The maximum atomic E-state index is 5.73. The topological polar surface area (TPSA) is 38.0 Å². The van der Waals surface area contributed by atoms with Gasteiger partial charge in [-0.3, -0.25) is 11.3 Å². The summed E-state index contributed by atoms with van der Waals surface area (Å²) in [6.45, 7) is 4.54. The third-order valence-corrected chi connectivity index (χ3v) is 4.63. The lowest BCUT2D eigenvalue weighted by atomic mass is 9.86. The van der Waals surface area contributed by atoms with Crippen molar-refractivity contribution in [1.29, 1.82) is 0 Å². The molecule has 1 heterocycles. The number of aryl methyl sites for hydroxylation is 1. The molecule has 1 aliphatic carbocycles. The highest BCUT2D eigenvalue weighted by Crippen LogP contribution is 2.41. The van der Waals surface area contributed by atoms with Crippen LogP contribution < -0.4 is 11.3 Å². The third kappa shape index (κ3) is 2.10. The molecule has 1 aromatic rings. The first-order chi connectivity index (χ1) is 7.24. The molecule has 3 heteroatoms. The predicted octanol–water partition coefficient (Wildman–Crippen LogP) is 3.00. The van der Waals surface area contributed by atoms with Gasteiger partial charge in [-0.1, -0.05) is 19.8 Å². The summed E-state index contributed by atoms with van der Waals surface area (Å²) in [4.78, 5) is 1.40. The number of nitrogens with one attached hydrogen (secondary N) is 1. The standard InChI is InChI=1S/C12H20N2S/c1-8-4-3-5-10(8)12(14-13)11-6-7-15-9(11)2/h6-8,10,12,14H,3-5,13H2,1-2H3. The van der Waals surface area contributed by atoms with Crippen LogP contribution in [0.1, 0.15) is 42.7 Å². The number of thiophene rings is 1. The smallest absolute Gasteiger partial charge is 0.0501 e. The van der Waals surface area contributed by atoms with Crippen molar-refractivity contribution < 1.29 is 0 Å². The van der Waals surface area contributed by atoms with Crippen molar-refractivity contribution in [1.82, 2.24) is 5.43 Å². The summed E-state index contributed by atoms with van der Waals surface area (Å²) in [6.07, 6.45) is 4.02. The molecule has 1 aromatic heterocycles. The highest BCUT2D eigenvalue weighted by atomic mass is 32.1. The molecule has 0 bridgehead atoms. The number of nitrogens with two attached hydrogens (primary N) is 1. The van der Waals surface area contributed by atoms with Crippen LogP contribution in [0, 0.1) is 18.8 Å². The van der Waals surface area contributed by atoms with Crippen LogP contribution in [0.25, 0.3) is 0 Å². The highest BCUT2D eigenvalue weighted by Gasteiger charge is 2.32. The van der Waals surface area contributed by atoms with Crippen molar-refractivity contribution in [2.75, 3.05) is 0 Å². The van der Waals surface area contributed by atoms with E-state index in [2.05, 4.69) is 30.7 Å². The van der Waals surface area contributed by atoms with Crippen LogP contribution in [0.3, 0.4) is 0 Å². The van der Waals surface area contributed by atoms with E-state index in [0.29, 0.717) is 12.0 Å². The second-order valence-corrected chi connectivity index (χ2v) is 5.77. The zero-order valence-corrected chi connectivity index (χ0v) is 10.3. The normalized spacial score (nSPS) is 28.2. The Morgan fingerprint density at radius 2 is 2.33 bits per heavy atom. The van der Waals surface area contributed by atoms with E-state index in [4.69, 9.17) is 5.84 Å². The van der Waals surface area contributed by atoms with Crippen LogP contribution in [0.5, 0.6) is 0 Å². The number of hydrogen-bond acceptors (Lipinski definition) is 3. The molecule has 1 fully saturated rings. The summed E-state index contributed by atoms with van der Waals surface area (Å²) in [5.41, 5.74) is 4.43. The molecule has 3 unspecified atom stereocenters. The molecule has 2 nitrogen and oxygen atoms in total. The van der Waals surface area contributed by atoms with Crippen molar-refractivity contribution in [3.63, 3.8) is 0 Å². The van der Waals surface area contributed by atoms with Gasteiger partial charge < -0.3 is 0 Å². The van der Waals surface area contributed by atoms with E-state index in [1.165, 1.54) is 29.7 Å². The van der Waals surface area contributed by atoms with E-state index in [1.807, 2.05) is 11.3 Å². The number of hydrazine groups is 1. The van der Waals surface area contributed by atoms with Crippen molar-refractivity contribution in [2.24, 2.45) is 17.7 Å². The van der Waals surface area contributed by atoms with Crippen LogP contribution >= 0.6 is 11.3 Å². The number of hydrogen-bond donors (Lipinski definition) is 2. The van der Waals surface area contributed by atoms with Crippen molar-refractivity contribution >= 4 is 11.3 Å². The summed E-state index contributed by atoms with van der Waals surface area (Å²) < 4.78 is 0. The average molecular weight is 224 g/mol. The first kappa shape index (κ1) is 11.1. The summed E-state index contributed by atoms with van der Waals surface area (Å²) in [5, 5.41) is 2.16. The van der Waals surface area contributed by atoms with Gasteiger partial charge in [0.2, 0.25) is 0 Å². The van der Waals surface area contributed by atoms with Crippen molar-refractivity contribution in [3.05, 3.63) is 21.9 Å². The van der Waals surface area contributed by atoms with Crippen molar-refractivity contribution in [2.45, 2.75) is 39.2 Å². The van der Waals surface area contributed by atoms with Gasteiger partial charge in [-0.25, -0.2) is 0 Å². The lowest BCUT2D eigenvalue weighted by Crippen LogP contribution is -2.34. The fraction of sp³-hybridized carbons (Fsp3) is 0.667. The van der Waals surface area contributed by atoms with E-state index in [9.17, 15) is 0 Å². The fourth-order valence-electron chi connectivity index (χ4n) is 2.83. The zero-order chi connectivity index (χ0) is 10.8. The van der Waals surface area contributed by atoms with E-state index in [0.717, 1.165) is 5.92 Å². The number of rotatable bonds is 3. The van der Waals surface area contributed by atoms with Crippen LogP contribution in [0.4, 0.5) is 0 Å². The van der Waals surface area contributed by atoms with Gasteiger partial charge in [-0.15, -0.1) is 11.3 Å². The van der Waals surface area contributed by atoms with Gasteiger partial charge in [-0.05, 0) is 42.2 Å². The Bertz CT molecular complexity index is 321. The summed E-state index contributed by atoms with van der Waals surface area (Å²) in [7, 11) is 0. The molecule has 0 amide bonds. The van der Waals surface area contributed by atoms with E-state index in [1.54, 1.807) is 0 Å². The molecular weight excluding hydrogens is 204 g/mol. The molecule has 3 atom stereocenters. The van der Waals surface area contributed by atoms with E-state index < -0.39 is 0 Å². The summed E-state index contributed by atoms with van der Waals surface area (Å²) in [6, 6.07) is 2.57. The first-order valence-electron chi connectivity index (χ1n) is 5.74. The molecule has 0 saturated heterocycles. The van der Waals surface area contributed by atoms with E-state index in [-0.39, 0.29) is 0 Å². The molecule has 1 aliphatic rings. The Hall–Kier alpha value is -0.380. The maximum absolute atomic E-state index is 5.73. The molecule has 0 aliphatic heterocycles. The first-order valence-corrected chi connectivity index (χ1v) is 6.62. The largest absolute Gasteiger partial charge is 0.271 e. The quantitative estimate of drug-likeness (QED) is 0.612. The van der Waals surface area contributed by atoms with Gasteiger partial charge in [0.05, 0.1) is 6.04 Å². The maximum Gasteiger partial charge on any atom is 0.0501 e. The second-order valence-electron chi connectivity index (χ2n) is 4.65. The molecule has 0 aromatic carbocycles. The highest BCUT2D eigenvalue weighted by molar-refractivity contribution is 7.10. The average Bonchev–Trinajstić information content (AvgIpc) is 2.80. The third-order valence-electron chi connectivity index (χ3n) is 3.77. The fourth-order valence-corrected chi connectivity index (χ4v) is 3.58. The minimum Gasteiger partial charge on any atom is -0.271 e. The van der Waals surface area contributed by atoms with Gasteiger partial charge in [0, 0.05) is 4.88 Å². The Labute approximate surface area is 95.8 Å². The molecule has 84 valence electrons. The second kappa shape index (κ2) is 4.64. The Balaban J connectivity index is 2.20. The lowest BCUT2D eigenvalue weighted by Gasteiger charge is -2.26. The minimum atomic E-state index is 0.355. The van der Waals surface area contributed by atoms with Gasteiger partial charge in [0.15, 0.2) is 0 Å². The van der Waals surface area contributed by atoms with Crippen LogP contribution in [0.15, 0.2) is 11.4 Å². The predicted molar refractivity (Wildman–Crippen MR) is 65.6 cm³/mol. The van der Waals surface area contributed by atoms with E-state index >= 15 is 0 Å². The molecule has 1 saturated carbocycles. The van der Waals surface area contributed by atoms with Crippen LogP contribution in [-0.4, -0.2) is 0 Å². The summed E-state index contributed by atoms with van der Waals surface area (Å²) >= 11 is 1.81. The van der Waals surface area contributed by atoms with Gasteiger partial charge >= 0.3 is 0 Å². The molecule has 0 spiro atoms. The summed E-state index contributed by atoms with van der Waals surface area (Å²) in [5.74, 6) is 7.24. The molecule has 3 N–H and O–H groups in total. The van der Waals surface area contributed by atoms with Crippen LogP contribution in [0.2, 0.25) is 0 Å². The van der Waals surface area contributed by atoms with Crippen molar-refractivity contribution in [3.8, 4) is 0 Å². The monoisotopic (exact) mass is 224 g/mol.